The fourth-order valence-electron chi connectivity index (χ4n) is 3.36. The predicted molar refractivity (Wildman–Crippen MR) is 72.7 cm³/mol. The van der Waals surface area contributed by atoms with E-state index in [9.17, 15) is 5.11 Å². The molecule has 0 aromatic rings. The minimum atomic E-state index is 0.211. The van der Waals surface area contributed by atoms with Gasteiger partial charge in [-0.3, -0.25) is 4.90 Å². The molecule has 0 amide bonds. The van der Waals surface area contributed by atoms with Crippen molar-refractivity contribution < 1.29 is 9.84 Å². The first-order valence-electron chi connectivity index (χ1n) is 7.51. The number of ether oxygens (including phenoxy) is 1. The quantitative estimate of drug-likeness (QED) is 0.765. The number of aliphatic hydroxyl groups is 1. The first kappa shape index (κ1) is 14.3. The number of aliphatic hydroxyl groups excluding tert-OH is 1. The highest BCUT2D eigenvalue weighted by atomic mass is 16.5. The second kappa shape index (κ2) is 7.43. The fourth-order valence-corrected chi connectivity index (χ4v) is 3.36. The lowest BCUT2D eigenvalue weighted by Crippen LogP contribution is -2.52. The standard InChI is InChI=1S/C14H28N2O2/c1-2-15-14-6-4-3-5-12(14)9-16-7-8-18-11-13(16)10-17/h12-15,17H,2-11H2,1H3. The van der Waals surface area contributed by atoms with Gasteiger partial charge in [0.1, 0.15) is 0 Å². The van der Waals surface area contributed by atoms with Crippen LogP contribution in [-0.2, 0) is 4.74 Å². The summed E-state index contributed by atoms with van der Waals surface area (Å²) in [6.07, 6.45) is 5.36. The number of hydrogen-bond acceptors (Lipinski definition) is 4. The van der Waals surface area contributed by atoms with Crippen LogP contribution in [0.4, 0.5) is 0 Å². The molecule has 0 aromatic carbocycles. The van der Waals surface area contributed by atoms with Gasteiger partial charge in [0.05, 0.1) is 25.9 Å². The summed E-state index contributed by atoms with van der Waals surface area (Å²) in [5.41, 5.74) is 0. The molecule has 3 unspecified atom stereocenters. The molecule has 106 valence electrons. The van der Waals surface area contributed by atoms with Crippen molar-refractivity contribution in [3.8, 4) is 0 Å². The number of morpholine rings is 1. The van der Waals surface area contributed by atoms with E-state index in [2.05, 4.69) is 17.1 Å². The third-order valence-electron chi connectivity index (χ3n) is 4.40. The number of nitrogens with one attached hydrogen (secondary N) is 1. The van der Waals surface area contributed by atoms with Crippen LogP contribution in [0.1, 0.15) is 32.6 Å². The summed E-state index contributed by atoms with van der Waals surface area (Å²) in [5, 5.41) is 13.1. The van der Waals surface area contributed by atoms with E-state index in [1.54, 1.807) is 0 Å². The molecule has 2 N–H and O–H groups in total. The van der Waals surface area contributed by atoms with E-state index in [1.165, 1.54) is 25.7 Å². The Hall–Kier alpha value is -0.160. The molecule has 2 fully saturated rings. The molecule has 1 aliphatic heterocycles. The molecule has 0 spiro atoms. The minimum Gasteiger partial charge on any atom is -0.395 e. The Balaban J connectivity index is 1.88. The normalized spacial score (nSPS) is 34.7. The lowest BCUT2D eigenvalue weighted by Gasteiger charge is -2.40. The maximum Gasteiger partial charge on any atom is 0.0644 e. The maximum absolute atomic E-state index is 9.42. The highest BCUT2D eigenvalue weighted by molar-refractivity contribution is 4.85. The van der Waals surface area contributed by atoms with Crippen molar-refractivity contribution in [3.05, 3.63) is 0 Å². The van der Waals surface area contributed by atoms with E-state index in [4.69, 9.17) is 4.74 Å². The van der Waals surface area contributed by atoms with Crippen LogP contribution < -0.4 is 5.32 Å². The van der Waals surface area contributed by atoms with Gasteiger partial charge >= 0.3 is 0 Å². The van der Waals surface area contributed by atoms with Gasteiger partial charge in [-0.1, -0.05) is 19.8 Å². The van der Waals surface area contributed by atoms with Gasteiger partial charge in [0.15, 0.2) is 0 Å². The number of hydrogen-bond donors (Lipinski definition) is 2. The lowest BCUT2D eigenvalue weighted by atomic mass is 9.83. The molecule has 3 atom stereocenters. The second-order valence-electron chi connectivity index (χ2n) is 5.61. The van der Waals surface area contributed by atoms with Crippen LogP contribution >= 0.6 is 0 Å². The SMILES string of the molecule is CCNC1CCCCC1CN1CCOCC1CO. The number of rotatable bonds is 5. The van der Waals surface area contributed by atoms with E-state index < -0.39 is 0 Å². The maximum atomic E-state index is 9.42. The van der Waals surface area contributed by atoms with Crippen molar-refractivity contribution in [3.63, 3.8) is 0 Å². The second-order valence-corrected chi connectivity index (χ2v) is 5.61. The van der Waals surface area contributed by atoms with Gasteiger partial charge < -0.3 is 15.2 Å². The van der Waals surface area contributed by atoms with Gasteiger partial charge in [-0.2, -0.15) is 0 Å². The molecule has 0 aromatic heterocycles. The molecule has 1 saturated heterocycles. The molecule has 1 saturated carbocycles. The first-order chi connectivity index (χ1) is 8.85. The highest BCUT2D eigenvalue weighted by Gasteiger charge is 2.30. The molecule has 2 rings (SSSR count). The summed E-state index contributed by atoms with van der Waals surface area (Å²) in [4.78, 5) is 2.43. The van der Waals surface area contributed by atoms with Crippen LogP contribution in [-0.4, -0.2) is 61.5 Å². The number of nitrogens with zero attached hydrogens (tertiary/aromatic N) is 1. The van der Waals surface area contributed by atoms with E-state index in [-0.39, 0.29) is 12.6 Å². The summed E-state index contributed by atoms with van der Waals surface area (Å²) in [6.45, 7) is 7.07. The Bertz CT molecular complexity index is 236. The molecule has 1 heterocycles. The average Bonchev–Trinajstić information content (AvgIpc) is 2.42. The monoisotopic (exact) mass is 256 g/mol. The molecule has 4 heteroatoms. The van der Waals surface area contributed by atoms with Crippen LogP contribution in [0, 0.1) is 5.92 Å². The summed E-state index contributed by atoms with van der Waals surface area (Å²) < 4.78 is 5.45. The van der Waals surface area contributed by atoms with Gasteiger partial charge in [0.25, 0.3) is 0 Å². The first-order valence-corrected chi connectivity index (χ1v) is 7.51. The van der Waals surface area contributed by atoms with E-state index in [1.807, 2.05) is 0 Å². The van der Waals surface area contributed by atoms with Crippen LogP contribution in [0.15, 0.2) is 0 Å². The summed E-state index contributed by atoms with van der Waals surface area (Å²) in [7, 11) is 0. The Labute approximate surface area is 111 Å². The Morgan fingerprint density at radius 1 is 1.33 bits per heavy atom. The van der Waals surface area contributed by atoms with Crippen molar-refractivity contribution >= 4 is 0 Å². The zero-order valence-corrected chi connectivity index (χ0v) is 11.6. The van der Waals surface area contributed by atoms with E-state index in [0.717, 1.165) is 32.2 Å². The fraction of sp³-hybridized carbons (Fsp3) is 1.00. The van der Waals surface area contributed by atoms with Gasteiger partial charge in [0.2, 0.25) is 0 Å². The topological polar surface area (TPSA) is 44.7 Å². The zero-order chi connectivity index (χ0) is 12.8. The van der Waals surface area contributed by atoms with Crippen molar-refractivity contribution in [2.45, 2.75) is 44.7 Å². The zero-order valence-electron chi connectivity index (χ0n) is 11.6. The summed E-state index contributed by atoms with van der Waals surface area (Å²) in [6, 6.07) is 0.883. The van der Waals surface area contributed by atoms with Crippen molar-refractivity contribution in [2.75, 3.05) is 39.5 Å². The largest absolute Gasteiger partial charge is 0.395 e. The molecule has 18 heavy (non-hydrogen) atoms. The van der Waals surface area contributed by atoms with Crippen LogP contribution in [0.2, 0.25) is 0 Å². The van der Waals surface area contributed by atoms with Crippen molar-refractivity contribution in [1.82, 2.24) is 10.2 Å². The van der Waals surface area contributed by atoms with E-state index in [0.29, 0.717) is 12.6 Å². The Morgan fingerprint density at radius 2 is 2.17 bits per heavy atom. The van der Waals surface area contributed by atoms with E-state index >= 15 is 0 Å². The van der Waals surface area contributed by atoms with Gasteiger partial charge in [-0.05, 0) is 25.3 Å². The molecule has 2 aliphatic rings. The summed E-state index contributed by atoms with van der Waals surface area (Å²) in [5.74, 6) is 0.742. The van der Waals surface area contributed by atoms with Crippen molar-refractivity contribution in [1.29, 1.82) is 0 Å². The predicted octanol–water partition coefficient (Wildman–Crippen LogP) is 0.848. The lowest BCUT2D eigenvalue weighted by molar-refractivity contribution is -0.0375. The molecular weight excluding hydrogens is 228 g/mol. The molecule has 0 radical (unpaired) electrons. The van der Waals surface area contributed by atoms with Crippen LogP contribution in [0.3, 0.4) is 0 Å². The van der Waals surface area contributed by atoms with Gasteiger partial charge in [0, 0.05) is 19.1 Å². The Kier molecular flexibility index (Phi) is 5.89. The third kappa shape index (κ3) is 3.67. The third-order valence-corrected chi connectivity index (χ3v) is 4.40. The molecular formula is C14H28N2O2. The average molecular weight is 256 g/mol. The van der Waals surface area contributed by atoms with Crippen LogP contribution in [0.5, 0.6) is 0 Å². The highest BCUT2D eigenvalue weighted by Crippen LogP contribution is 2.26. The van der Waals surface area contributed by atoms with Crippen LogP contribution in [0.25, 0.3) is 0 Å². The van der Waals surface area contributed by atoms with Gasteiger partial charge in [-0.25, -0.2) is 0 Å². The van der Waals surface area contributed by atoms with Crippen molar-refractivity contribution in [2.24, 2.45) is 5.92 Å². The molecule has 1 aliphatic carbocycles. The Morgan fingerprint density at radius 3 is 2.94 bits per heavy atom. The summed E-state index contributed by atoms with van der Waals surface area (Å²) >= 11 is 0. The smallest absolute Gasteiger partial charge is 0.0644 e. The molecule has 0 bridgehead atoms. The van der Waals surface area contributed by atoms with Gasteiger partial charge in [-0.15, -0.1) is 0 Å². The molecule has 4 nitrogen and oxygen atoms in total. The minimum absolute atomic E-state index is 0.211.